The van der Waals surface area contributed by atoms with E-state index in [1.807, 2.05) is 24.3 Å². The van der Waals surface area contributed by atoms with Gasteiger partial charge >= 0.3 is 0 Å². The van der Waals surface area contributed by atoms with Crippen LogP contribution in [-0.4, -0.2) is 4.98 Å². The van der Waals surface area contributed by atoms with Gasteiger partial charge in [-0.1, -0.05) is 24.3 Å². The highest BCUT2D eigenvalue weighted by molar-refractivity contribution is 9.10. The van der Waals surface area contributed by atoms with Crippen molar-refractivity contribution in [3.63, 3.8) is 0 Å². The molecule has 1 heterocycles. The molecular weight excluding hydrogens is 345 g/mol. The lowest BCUT2D eigenvalue weighted by Gasteiger charge is -2.09. The van der Waals surface area contributed by atoms with Gasteiger partial charge in [0.2, 0.25) is 0 Å². The second kappa shape index (κ2) is 5.54. The predicted molar refractivity (Wildman–Crippen MR) is 80.4 cm³/mol. The first-order valence-electron chi connectivity index (χ1n) is 6.07. The molecule has 0 fully saturated rings. The van der Waals surface area contributed by atoms with Gasteiger partial charge in [0, 0.05) is 12.0 Å². The Morgan fingerprint density at radius 2 is 2.00 bits per heavy atom. The molecule has 0 aliphatic heterocycles. The van der Waals surface area contributed by atoms with Crippen LogP contribution in [0, 0.1) is 5.82 Å². The summed E-state index contributed by atoms with van der Waals surface area (Å²) in [5.41, 5.74) is 1.92. The van der Waals surface area contributed by atoms with Crippen LogP contribution in [0.3, 0.4) is 0 Å². The summed E-state index contributed by atoms with van der Waals surface area (Å²) in [5, 5.41) is -0.527. The fraction of sp³-hybridized carbons (Fsp3) is 0.133. The summed E-state index contributed by atoms with van der Waals surface area (Å²) in [4.78, 5) is 4.35. The van der Waals surface area contributed by atoms with E-state index in [9.17, 15) is 4.39 Å². The Labute approximate surface area is 128 Å². The molecule has 102 valence electrons. The number of benzene rings is 2. The first-order chi connectivity index (χ1) is 9.65. The number of aromatic nitrogens is 1. The molecule has 1 aromatic heterocycles. The number of nitrogens with zero attached hydrogens (tertiary/aromatic N) is 1. The topological polar surface area (TPSA) is 26.0 Å². The number of hydrogen-bond acceptors (Lipinski definition) is 2. The molecule has 5 heteroatoms. The van der Waals surface area contributed by atoms with E-state index < -0.39 is 5.38 Å². The molecule has 1 unspecified atom stereocenters. The van der Waals surface area contributed by atoms with Crippen molar-refractivity contribution in [1.29, 1.82) is 0 Å². The highest BCUT2D eigenvalue weighted by Crippen LogP contribution is 2.31. The first-order valence-corrected chi connectivity index (χ1v) is 7.30. The van der Waals surface area contributed by atoms with E-state index in [0.29, 0.717) is 27.9 Å². The SMILES string of the molecule is Fc1c(Br)cccc1C(Cl)Cc1nc2ccccc2o1. The van der Waals surface area contributed by atoms with Crippen molar-refractivity contribution in [1.82, 2.24) is 4.98 Å². The summed E-state index contributed by atoms with van der Waals surface area (Å²) in [7, 11) is 0. The van der Waals surface area contributed by atoms with Gasteiger partial charge in [-0.15, -0.1) is 11.6 Å². The normalized spacial score (nSPS) is 12.8. The number of alkyl halides is 1. The molecule has 0 amide bonds. The largest absolute Gasteiger partial charge is 0.441 e. The lowest BCUT2D eigenvalue weighted by molar-refractivity contribution is 0.519. The lowest BCUT2D eigenvalue weighted by Crippen LogP contribution is -1.99. The van der Waals surface area contributed by atoms with E-state index >= 15 is 0 Å². The molecule has 0 radical (unpaired) electrons. The summed E-state index contributed by atoms with van der Waals surface area (Å²) in [5.74, 6) is 0.161. The molecule has 3 rings (SSSR count). The smallest absolute Gasteiger partial charge is 0.197 e. The highest BCUT2D eigenvalue weighted by atomic mass is 79.9. The van der Waals surface area contributed by atoms with Gasteiger partial charge in [-0.3, -0.25) is 0 Å². The average molecular weight is 355 g/mol. The molecular formula is C15H10BrClFNO. The third kappa shape index (κ3) is 2.58. The molecule has 0 N–H and O–H groups in total. The van der Waals surface area contributed by atoms with Gasteiger partial charge in [-0.05, 0) is 34.1 Å². The van der Waals surface area contributed by atoms with Gasteiger partial charge in [-0.25, -0.2) is 9.37 Å². The number of para-hydroxylation sites is 2. The van der Waals surface area contributed by atoms with Crippen LogP contribution in [-0.2, 0) is 6.42 Å². The van der Waals surface area contributed by atoms with Crippen molar-refractivity contribution in [3.8, 4) is 0 Å². The summed E-state index contributed by atoms with van der Waals surface area (Å²) in [6.45, 7) is 0. The predicted octanol–water partition coefficient (Wildman–Crippen LogP) is 5.25. The quantitative estimate of drug-likeness (QED) is 0.600. The standard InChI is InChI=1S/C15H10BrClFNO/c16-10-5-3-4-9(15(10)18)11(17)8-14-19-12-6-1-2-7-13(12)20-14/h1-7,11H,8H2. The second-order valence-corrected chi connectivity index (χ2v) is 5.77. The molecule has 2 aromatic carbocycles. The monoisotopic (exact) mass is 353 g/mol. The third-order valence-corrected chi connectivity index (χ3v) is 4.01. The third-order valence-electron chi connectivity index (χ3n) is 3.01. The molecule has 2 nitrogen and oxygen atoms in total. The van der Waals surface area contributed by atoms with Crippen molar-refractivity contribution in [2.24, 2.45) is 0 Å². The Morgan fingerprint density at radius 1 is 1.20 bits per heavy atom. The zero-order chi connectivity index (χ0) is 14.1. The number of rotatable bonds is 3. The Hall–Kier alpha value is -1.39. The van der Waals surface area contributed by atoms with Crippen LogP contribution in [0.15, 0.2) is 51.4 Å². The van der Waals surface area contributed by atoms with Crippen molar-refractivity contribution in [3.05, 3.63) is 64.2 Å². The molecule has 3 aromatic rings. The molecule has 1 atom stereocenters. The molecule has 0 aliphatic rings. The zero-order valence-electron chi connectivity index (χ0n) is 10.3. The molecule has 0 spiro atoms. The highest BCUT2D eigenvalue weighted by Gasteiger charge is 2.18. The fourth-order valence-electron chi connectivity index (χ4n) is 2.03. The molecule has 0 saturated heterocycles. The van der Waals surface area contributed by atoms with Crippen molar-refractivity contribution < 1.29 is 8.81 Å². The molecule has 0 saturated carbocycles. The average Bonchev–Trinajstić information content (AvgIpc) is 2.83. The van der Waals surface area contributed by atoms with E-state index in [4.69, 9.17) is 16.0 Å². The van der Waals surface area contributed by atoms with Crippen molar-refractivity contribution in [2.45, 2.75) is 11.8 Å². The summed E-state index contributed by atoms with van der Waals surface area (Å²) >= 11 is 9.44. The number of fused-ring (bicyclic) bond motifs is 1. The summed E-state index contributed by atoms with van der Waals surface area (Å²) < 4.78 is 20.0. The van der Waals surface area contributed by atoms with Crippen LogP contribution in [0.25, 0.3) is 11.1 Å². The number of hydrogen-bond donors (Lipinski definition) is 0. The van der Waals surface area contributed by atoms with Crippen LogP contribution in [0.4, 0.5) is 4.39 Å². The maximum atomic E-state index is 14.0. The van der Waals surface area contributed by atoms with Gasteiger partial charge < -0.3 is 4.42 Å². The van der Waals surface area contributed by atoms with E-state index in [0.717, 1.165) is 5.52 Å². The van der Waals surface area contributed by atoms with Gasteiger partial charge in [0.15, 0.2) is 11.5 Å². The summed E-state index contributed by atoms with van der Waals surface area (Å²) in [6.07, 6.45) is 0.337. The van der Waals surface area contributed by atoms with Crippen LogP contribution in [0.2, 0.25) is 0 Å². The van der Waals surface area contributed by atoms with E-state index in [1.165, 1.54) is 0 Å². The van der Waals surface area contributed by atoms with E-state index in [-0.39, 0.29) is 5.82 Å². The summed E-state index contributed by atoms with van der Waals surface area (Å²) in [6, 6.07) is 12.5. The van der Waals surface area contributed by atoms with Crippen molar-refractivity contribution in [2.75, 3.05) is 0 Å². The molecule has 20 heavy (non-hydrogen) atoms. The number of halogens is 3. The first kappa shape index (κ1) is 13.6. The van der Waals surface area contributed by atoms with Gasteiger partial charge in [-0.2, -0.15) is 0 Å². The van der Waals surface area contributed by atoms with Gasteiger partial charge in [0.25, 0.3) is 0 Å². The van der Waals surface area contributed by atoms with Crippen LogP contribution in [0.1, 0.15) is 16.8 Å². The fourth-order valence-corrected chi connectivity index (χ4v) is 2.71. The van der Waals surface area contributed by atoms with Crippen LogP contribution < -0.4 is 0 Å². The minimum Gasteiger partial charge on any atom is -0.441 e. The lowest BCUT2D eigenvalue weighted by atomic mass is 10.1. The minimum absolute atomic E-state index is 0.337. The van der Waals surface area contributed by atoms with E-state index in [2.05, 4.69) is 20.9 Å². The maximum Gasteiger partial charge on any atom is 0.197 e. The minimum atomic E-state index is -0.527. The Kier molecular flexibility index (Phi) is 3.76. The molecule has 0 aliphatic carbocycles. The second-order valence-electron chi connectivity index (χ2n) is 4.39. The van der Waals surface area contributed by atoms with Gasteiger partial charge in [0.05, 0.1) is 9.85 Å². The maximum absolute atomic E-state index is 14.0. The Balaban J connectivity index is 1.88. The Bertz CT molecular complexity index is 725. The zero-order valence-corrected chi connectivity index (χ0v) is 12.7. The van der Waals surface area contributed by atoms with Crippen molar-refractivity contribution >= 4 is 38.6 Å². The number of oxazole rings is 1. The Morgan fingerprint density at radius 3 is 2.80 bits per heavy atom. The van der Waals surface area contributed by atoms with Crippen LogP contribution >= 0.6 is 27.5 Å². The van der Waals surface area contributed by atoms with Crippen LogP contribution in [0.5, 0.6) is 0 Å². The van der Waals surface area contributed by atoms with Gasteiger partial charge in [0.1, 0.15) is 11.3 Å². The molecule has 0 bridgehead atoms. The van der Waals surface area contributed by atoms with E-state index in [1.54, 1.807) is 18.2 Å².